The molecule has 0 aromatic carbocycles. The second kappa shape index (κ2) is 8.39. The van der Waals surface area contributed by atoms with E-state index in [4.69, 9.17) is 0 Å². The van der Waals surface area contributed by atoms with Gasteiger partial charge in [0.2, 0.25) is 0 Å². The molecular weight excluding hydrogens is 234 g/mol. The quantitative estimate of drug-likeness (QED) is 0.444. The van der Waals surface area contributed by atoms with Gasteiger partial charge in [0.1, 0.15) is 0 Å². The van der Waals surface area contributed by atoms with E-state index in [2.05, 4.69) is 39.8 Å². The Morgan fingerprint density at radius 2 is 1.67 bits per heavy atom. The molecule has 12 heavy (non-hydrogen) atoms. The molecule has 0 spiro atoms. The Labute approximate surface area is 92.3 Å². The van der Waals surface area contributed by atoms with Crippen molar-refractivity contribution in [1.82, 2.24) is 0 Å². The number of unbranched alkanes of at least 4 members (excludes halogenated alkanes) is 1. The number of halogens is 1. The van der Waals surface area contributed by atoms with Crippen LogP contribution in [0.15, 0.2) is 0 Å². The van der Waals surface area contributed by atoms with Crippen molar-refractivity contribution in [2.24, 2.45) is 0 Å². The van der Waals surface area contributed by atoms with Gasteiger partial charge in [0.05, 0.1) is 27.7 Å². The summed E-state index contributed by atoms with van der Waals surface area (Å²) in [5.74, 6) is 2.65. The second-order valence-electron chi connectivity index (χ2n) is 3.98. The van der Waals surface area contributed by atoms with Crippen molar-refractivity contribution in [2.45, 2.75) is 19.8 Å². The van der Waals surface area contributed by atoms with Crippen LogP contribution in [-0.2, 0) is 0 Å². The van der Waals surface area contributed by atoms with Gasteiger partial charge in [-0.25, -0.2) is 0 Å². The largest absolute Gasteiger partial charge is 1.00 e. The molecule has 0 unspecified atom stereocenters. The summed E-state index contributed by atoms with van der Waals surface area (Å²) in [6.45, 7) is 3.54. The highest BCUT2D eigenvalue weighted by Gasteiger charge is 2.04. The Balaban J connectivity index is 0. The number of hydrogen-bond donors (Lipinski definition) is 0. The molecule has 0 radical (unpaired) electrons. The monoisotopic (exact) mass is 255 g/mol. The average Bonchev–Trinajstić information content (AvgIpc) is 1.85. The van der Waals surface area contributed by atoms with Gasteiger partial charge in [0, 0.05) is 5.75 Å². The third-order valence-corrected chi connectivity index (χ3v) is 2.60. The number of hydrogen-bond acceptors (Lipinski definition) is 1. The SMILES string of the molecule is CCCCSCC[N+](C)(C)C.[Br-]. The van der Waals surface area contributed by atoms with Gasteiger partial charge in [0.25, 0.3) is 0 Å². The zero-order chi connectivity index (χ0) is 8.74. The van der Waals surface area contributed by atoms with Crippen molar-refractivity contribution in [2.75, 3.05) is 39.2 Å². The molecular formula is C9H22BrNS. The Hall–Kier alpha value is 0.790. The van der Waals surface area contributed by atoms with E-state index < -0.39 is 0 Å². The van der Waals surface area contributed by atoms with Crippen LogP contribution in [0.2, 0.25) is 0 Å². The minimum atomic E-state index is 0. The van der Waals surface area contributed by atoms with Crippen LogP contribution in [0.3, 0.4) is 0 Å². The predicted molar refractivity (Wildman–Crippen MR) is 55.1 cm³/mol. The molecule has 0 heterocycles. The third-order valence-electron chi connectivity index (χ3n) is 1.55. The van der Waals surface area contributed by atoms with Crippen LogP contribution >= 0.6 is 11.8 Å². The zero-order valence-corrected chi connectivity index (χ0v) is 11.2. The summed E-state index contributed by atoms with van der Waals surface area (Å²) in [5, 5.41) is 0. The van der Waals surface area contributed by atoms with Crippen LogP contribution in [0, 0.1) is 0 Å². The lowest BCUT2D eigenvalue weighted by Crippen LogP contribution is -3.00. The molecule has 0 saturated heterocycles. The van der Waals surface area contributed by atoms with Crippen molar-refractivity contribution < 1.29 is 21.5 Å². The first-order valence-electron chi connectivity index (χ1n) is 4.44. The van der Waals surface area contributed by atoms with E-state index in [1.54, 1.807) is 0 Å². The number of rotatable bonds is 6. The lowest BCUT2D eigenvalue weighted by Gasteiger charge is -2.23. The van der Waals surface area contributed by atoms with E-state index in [0.29, 0.717) is 0 Å². The minimum Gasteiger partial charge on any atom is -1.00 e. The summed E-state index contributed by atoms with van der Waals surface area (Å²) in [4.78, 5) is 0. The molecule has 3 heteroatoms. The Bertz CT molecular complexity index is 91.0. The van der Waals surface area contributed by atoms with Gasteiger partial charge < -0.3 is 21.5 Å². The van der Waals surface area contributed by atoms with E-state index in [1.165, 1.54) is 30.9 Å². The standard InChI is InChI=1S/C9H22NS.BrH/c1-5-6-8-11-9-7-10(2,3)4;/h5-9H2,1-4H3;1H/q+1;/p-1. The normalized spacial score (nSPS) is 11.0. The molecule has 0 atom stereocenters. The molecule has 0 bridgehead atoms. The van der Waals surface area contributed by atoms with Crippen molar-refractivity contribution in [3.05, 3.63) is 0 Å². The van der Waals surface area contributed by atoms with Gasteiger partial charge in [-0.05, 0) is 12.2 Å². The van der Waals surface area contributed by atoms with Crippen LogP contribution in [0.1, 0.15) is 19.8 Å². The fourth-order valence-electron chi connectivity index (χ4n) is 0.687. The maximum Gasteiger partial charge on any atom is 0.0872 e. The lowest BCUT2D eigenvalue weighted by molar-refractivity contribution is -0.867. The van der Waals surface area contributed by atoms with Gasteiger partial charge in [-0.2, -0.15) is 11.8 Å². The predicted octanol–water partition coefficient (Wildman–Crippen LogP) is -0.770. The molecule has 0 saturated carbocycles. The Morgan fingerprint density at radius 1 is 1.08 bits per heavy atom. The molecule has 0 rings (SSSR count). The lowest BCUT2D eigenvalue weighted by atomic mass is 10.4. The van der Waals surface area contributed by atoms with Gasteiger partial charge in [-0.15, -0.1) is 0 Å². The Morgan fingerprint density at radius 3 is 2.08 bits per heavy atom. The average molecular weight is 256 g/mol. The smallest absolute Gasteiger partial charge is 0.0872 e. The van der Waals surface area contributed by atoms with Crippen LogP contribution in [0.4, 0.5) is 0 Å². The molecule has 76 valence electrons. The molecule has 0 fully saturated rings. The maximum absolute atomic E-state index is 2.25. The number of thioether (sulfide) groups is 1. The fraction of sp³-hybridized carbons (Fsp3) is 1.00. The molecule has 0 aromatic heterocycles. The molecule has 0 aromatic rings. The number of nitrogens with zero attached hydrogens (tertiary/aromatic N) is 1. The van der Waals surface area contributed by atoms with E-state index >= 15 is 0 Å². The highest BCUT2D eigenvalue weighted by atomic mass is 79.9. The molecule has 0 amide bonds. The topological polar surface area (TPSA) is 0 Å². The van der Waals surface area contributed by atoms with Gasteiger partial charge in [0.15, 0.2) is 0 Å². The van der Waals surface area contributed by atoms with Gasteiger partial charge >= 0.3 is 0 Å². The van der Waals surface area contributed by atoms with Gasteiger partial charge in [-0.1, -0.05) is 13.3 Å². The van der Waals surface area contributed by atoms with Crippen LogP contribution < -0.4 is 17.0 Å². The zero-order valence-electron chi connectivity index (χ0n) is 8.77. The van der Waals surface area contributed by atoms with Crippen molar-refractivity contribution >= 4 is 11.8 Å². The molecule has 0 aliphatic rings. The third kappa shape index (κ3) is 13.4. The summed E-state index contributed by atoms with van der Waals surface area (Å²) in [6, 6.07) is 0. The van der Waals surface area contributed by atoms with E-state index in [-0.39, 0.29) is 17.0 Å². The number of quaternary nitrogens is 1. The van der Waals surface area contributed by atoms with Crippen LogP contribution in [0.5, 0.6) is 0 Å². The fourth-order valence-corrected chi connectivity index (χ4v) is 2.06. The Kier molecular flexibility index (Phi) is 10.7. The maximum atomic E-state index is 2.25. The van der Waals surface area contributed by atoms with E-state index in [9.17, 15) is 0 Å². The summed E-state index contributed by atoms with van der Waals surface area (Å²) in [7, 11) is 6.75. The van der Waals surface area contributed by atoms with Crippen molar-refractivity contribution in [3.8, 4) is 0 Å². The summed E-state index contributed by atoms with van der Waals surface area (Å²) >= 11 is 2.09. The first-order valence-corrected chi connectivity index (χ1v) is 5.60. The highest BCUT2D eigenvalue weighted by molar-refractivity contribution is 7.99. The molecule has 1 nitrogen and oxygen atoms in total. The first-order chi connectivity index (χ1) is 5.06. The molecule has 0 aliphatic heterocycles. The van der Waals surface area contributed by atoms with Crippen LogP contribution in [0.25, 0.3) is 0 Å². The minimum absolute atomic E-state index is 0. The second-order valence-corrected chi connectivity index (χ2v) is 5.20. The molecule has 0 aliphatic carbocycles. The first kappa shape index (κ1) is 15.3. The van der Waals surface area contributed by atoms with Gasteiger partial charge in [-0.3, -0.25) is 0 Å². The van der Waals surface area contributed by atoms with Crippen LogP contribution in [-0.4, -0.2) is 43.7 Å². The van der Waals surface area contributed by atoms with Crippen molar-refractivity contribution in [1.29, 1.82) is 0 Å². The highest BCUT2D eigenvalue weighted by Crippen LogP contribution is 2.05. The summed E-state index contributed by atoms with van der Waals surface area (Å²) < 4.78 is 1.10. The summed E-state index contributed by atoms with van der Waals surface area (Å²) in [6.07, 6.45) is 2.71. The van der Waals surface area contributed by atoms with E-state index in [1.807, 2.05) is 0 Å². The van der Waals surface area contributed by atoms with E-state index in [0.717, 1.165) is 4.48 Å². The van der Waals surface area contributed by atoms with Crippen molar-refractivity contribution in [3.63, 3.8) is 0 Å². The summed E-state index contributed by atoms with van der Waals surface area (Å²) in [5.41, 5.74) is 0. The molecule has 0 N–H and O–H groups in total.